The molecule has 0 aliphatic carbocycles. The van der Waals surface area contributed by atoms with E-state index in [4.69, 9.17) is 14.7 Å². The Bertz CT molecular complexity index is 860. The summed E-state index contributed by atoms with van der Waals surface area (Å²) >= 11 is 1.40. The molecule has 7 heteroatoms. The monoisotopic (exact) mass is 299 g/mol. The second-order valence-corrected chi connectivity index (χ2v) is 4.96. The van der Waals surface area contributed by atoms with Gasteiger partial charge in [0.2, 0.25) is 5.88 Å². The van der Waals surface area contributed by atoms with Gasteiger partial charge in [-0.25, -0.2) is 0 Å². The molecule has 1 aromatic carbocycles. The zero-order chi connectivity index (χ0) is 14.8. The number of nitriles is 1. The number of nitrogens with zero attached hydrogens (tertiary/aromatic N) is 3. The van der Waals surface area contributed by atoms with Crippen LogP contribution in [0.4, 0.5) is 0 Å². The van der Waals surface area contributed by atoms with Crippen LogP contribution >= 0.6 is 11.3 Å². The van der Waals surface area contributed by atoms with E-state index in [0.717, 1.165) is 0 Å². The van der Waals surface area contributed by atoms with Crippen molar-refractivity contribution >= 4 is 22.6 Å². The summed E-state index contributed by atoms with van der Waals surface area (Å²) in [5.74, 6) is 1.09. The van der Waals surface area contributed by atoms with Crippen molar-refractivity contribution in [2.45, 2.75) is 0 Å². The fraction of sp³-hybridized carbons (Fsp3) is 0.0714. The third kappa shape index (κ3) is 2.32. The van der Waals surface area contributed by atoms with Crippen molar-refractivity contribution < 1.29 is 14.3 Å². The Morgan fingerprint density at radius 2 is 2.19 bits per heavy atom. The topological polar surface area (TPSA) is 76.6 Å². The summed E-state index contributed by atoms with van der Waals surface area (Å²) in [5.41, 5.74) is 0.727. The number of carbonyl (C=O) groups excluding carboxylic acids is 1. The highest BCUT2D eigenvalue weighted by Gasteiger charge is 2.15. The molecule has 0 spiro atoms. The number of imidazole rings is 1. The number of hydrogen-bond donors (Lipinski definition) is 0. The largest absolute Gasteiger partial charge is 0.497 e. The SMILES string of the molecule is COc1cc(C#N)cc(Oc2nc3sccn3c2C=O)c1. The zero-order valence-electron chi connectivity index (χ0n) is 10.9. The lowest BCUT2D eigenvalue weighted by Crippen LogP contribution is -1.93. The summed E-state index contributed by atoms with van der Waals surface area (Å²) in [4.78, 5) is 16.1. The van der Waals surface area contributed by atoms with E-state index in [1.165, 1.54) is 18.4 Å². The molecule has 0 saturated carbocycles. The van der Waals surface area contributed by atoms with Crippen LogP contribution in [0.15, 0.2) is 29.8 Å². The first kappa shape index (κ1) is 13.1. The van der Waals surface area contributed by atoms with Gasteiger partial charge in [0.05, 0.1) is 18.7 Å². The summed E-state index contributed by atoms with van der Waals surface area (Å²) in [6, 6.07) is 6.81. The molecule has 3 rings (SSSR count). The minimum atomic E-state index is 0.203. The Hall–Kier alpha value is -2.85. The molecule has 0 unspecified atom stereocenters. The number of aromatic nitrogens is 2. The number of methoxy groups -OCH3 is 1. The van der Waals surface area contributed by atoms with Crippen LogP contribution in [0, 0.1) is 11.3 Å². The second-order valence-electron chi connectivity index (χ2n) is 4.09. The molecule has 3 aromatic rings. The normalized spacial score (nSPS) is 10.3. The molecule has 0 saturated heterocycles. The summed E-state index contributed by atoms with van der Waals surface area (Å²) in [6.45, 7) is 0. The maximum atomic E-state index is 11.2. The molecule has 0 radical (unpaired) electrons. The Morgan fingerprint density at radius 3 is 2.90 bits per heavy atom. The van der Waals surface area contributed by atoms with Gasteiger partial charge in [0.15, 0.2) is 16.9 Å². The highest BCUT2D eigenvalue weighted by atomic mass is 32.1. The molecule has 0 amide bonds. The van der Waals surface area contributed by atoms with Gasteiger partial charge in [0.1, 0.15) is 11.5 Å². The zero-order valence-corrected chi connectivity index (χ0v) is 11.8. The van der Waals surface area contributed by atoms with Crippen molar-refractivity contribution in [3.8, 4) is 23.4 Å². The van der Waals surface area contributed by atoms with E-state index in [0.29, 0.717) is 34.0 Å². The van der Waals surface area contributed by atoms with Gasteiger partial charge in [-0.2, -0.15) is 10.2 Å². The number of fused-ring (bicyclic) bond motifs is 1. The average Bonchev–Trinajstić information content (AvgIpc) is 3.07. The van der Waals surface area contributed by atoms with Gasteiger partial charge in [0, 0.05) is 17.6 Å². The van der Waals surface area contributed by atoms with Gasteiger partial charge in [-0.05, 0) is 12.1 Å². The maximum absolute atomic E-state index is 11.2. The smallest absolute Gasteiger partial charge is 0.250 e. The van der Waals surface area contributed by atoms with Crippen molar-refractivity contribution in [3.63, 3.8) is 0 Å². The number of thiazole rings is 1. The Balaban J connectivity index is 2.04. The fourth-order valence-electron chi connectivity index (χ4n) is 1.89. The molecule has 2 heterocycles. The molecule has 0 fully saturated rings. The highest BCUT2D eigenvalue weighted by molar-refractivity contribution is 7.15. The van der Waals surface area contributed by atoms with Gasteiger partial charge in [0.25, 0.3) is 0 Å². The molecule has 6 nitrogen and oxygen atoms in total. The Kier molecular flexibility index (Phi) is 3.30. The number of aldehydes is 1. The molecular weight excluding hydrogens is 290 g/mol. The molecule has 2 aromatic heterocycles. The first-order chi connectivity index (χ1) is 10.2. The molecule has 0 bridgehead atoms. The number of benzene rings is 1. The minimum Gasteiger partial charge on any atom is -0.497 e. The lowest BCUT2D eigenvalue weighted by Gasteiger charge is -2.06. The predicted molar refractivity (Wildman–Crippen MR) is 76.2 cm³/mol. The predicted octanol–water partition coefficient (Wildman–Crippen LogP) is 2.88. The lowest BCUT2D eigenvalue weighted by atomic mass is 10.2. The molecule has 0 aliphatic heterocycles. The molecule has 21 heavy (non-hydrogen) atoms. The summed E-state index contributed by atoms with van der Waals surface area (Å²) < 4.78 is 12.4. The number of hydrogen-bond acceptors (Lipinski definition) is 6. The summed E-state index contributed by atoms with van der Waals surface area (Å²) in [7, 11) is 1.50. The Labute approximate surface area is 123 Å². The third-order valence-corrected chi connectivity index (χ3v) is 3.59. The molecular formula is C14H9N3O3S. The van der Waals surface area contributed by atoms with Gasteiger partial charge in [-0.3, -0.25) is 9.20 Å². The van der Waals surface area contributed by atoms with E-state index in [2.05, 4.69) is 4.98 Å². The van der Waals surface area contributed by atoms with E-state index in [1.54, 1.807) is 28.8 Å². The Morgan fingerprint density at radius 1 is 1.38 bits per heavy atom. The van der Waals surface area contributed by atoms with E-state index >= 15 is 0 Å². The van der Waals surface area contributed by atoms with Crippen LogP contribution in [-0.4, -0.2) is 22.8 Å². The van der Waals surface area contributed by atoms with Crippen LogP contribution < -0.4 is 9.47 Å². The van der Waals surface area contributed by atoms with Crippen LogP contribution in [0.1, 0.15) is 16.1 Å². The van der Waals surface area contributed by atoms with Crippen molar-refractivity contribution in [2.24, 2.45) is 0 Å². The van der Waals surface area contributed by atoms with Crippen LogP contribution in [0.3, 0.4) is 0 Å². The van der Waals surface area contributed by atoms with Crippen molar-refractivity contribution in [2.75, 3.05) is 7.11 Å². The minimum absolute atomic E-state index is 0.203. The van der Waals surface area contributed by atoms with Gasteiger partial charge >= 0.3 is 0 Å². The van der Waals surface area contributed by atoms with Gasteiger partial charge < -0.3 is 9.47 Å². The fourth-order valence-corrected chi connectivity index (χ4v) is 2.60. The number of carbonyl (C=O) groups is 1. The van der Waals surface area contributed by atoms with Gasteiger partial charge in [-0.15, -0.1) is 11.3 Å². The first-order valence-electron chi connectivity index (χ1n) is 5.93. The van der Waals surface area contributed by atoms with Crippen molar-refractivity contribution in [3.05, 3.63) is 41.0 Å². The van der Waals surface area contributed by atoms with Crippen molar-refractivity contribution in [1.82, 2.24) is 9.38 Å². The molecule has 0 atom stereocenters. The second kappa shape index (κ2) is 5.26. The maximum Gasteiger partial charge on any atom is 0.250 e. The van der Waals surface area contributed by atoms with E-state index in [9.17, 15) is 4.79 Å². The summed E-state index contributed by atoms with van der Waals surface area (Å²) in [5, 5.41) is 10.8. The van der Waals surface area contributed by atoms with Crippen LogP contribution in [-0.2, 0) is 0 Å². The van der Waals surface area contributed by atoms with Gasteiger partial charge in [-0.1, -0.05) is 0 Å². The van der Waals surface area contributed by atoms with E-state index in [-0.39, 0.29) is 5.88 Å². The third-order valence-electron chi connectivity index (χ3n) is 2.84. The number of rotatable bonds is 4. The summed E-state index contributed by atoms with van der Waals surface area (Å²) in [6.07, 6.45) is 2.43. The van der Waals surface area contributed by atoms with Crippen molar-refractivity contribution in [1.29, 1.82) is 5.26 Å². The van der Waals surface area contributed by atoms with Crippen LogP contribution in [0.5, 0.6) is 17.4 Å². The average molecular weight is 299 g/mol. The standard InChI is InChI=1S/C14H9N3O3S/c1-19-10-4-9(7-15)5-11(6-10)20-13-12(8-18)17-2-3-21-14(17)16-13/h2-6,8H,1H3. The number of ether oxygens (including phenoxy) is 2. The molecule has 0 N–H and O–H groups in total. The van der Waals surface area contributed by atoms with Crippen LogP contribution in [0.2, 0.25) is 0 Å². The molecule has 0 aliphatic rings. The first-order valence-corrected chi connectivity index (χ1v) is 6.81. The van der Waals surface area contributed by atoms with E-state index < -0.39 is 0 Å². The van der Waals surface area contributed by atoms with E-state index in [1.807, 2.05) is 11.4 Å². The lowest BCUT2D eigenvalue weighted by molar-refractivity contribution is 0.111. The molecule has 104 valence electrons. The van der Waals surface area contributed by atoms with Crippen LogP contribution in [0.25, 0.3) is 4.96 Å². The highest BCUT2D eigenvalue weighted by Crippen LogP contribution is 2.29. The quantitative estimate of drug-likeness (QED) is 0.692.